The number of aromatic nitrogens is 2. The van der Waals surface area contributed by atoms with E-state index in [-0.39, 0.29) is 0 Å². The van der Waals surface area contributed by atoms with Crippen molar-refractivity contribution in [1.82, 2.24) is 4.57 Å². The third kappa shape index (κ3) is 3.57. The van der Waals surface area contributed by atoms with Crippen molar-refractivity contribution in [3.63, 3.8) is 0 Å². The van der Waals surface area contributed by atoms with E-state index in [4.69, 9.17) is 5.73 Å². The first-order valence-corrected chi connectivity index (χ1v) is 7.53. The molecule has 0 radical (unpaired) electrons. The highest BCUT2D eigenvalue weighted by Crippen LogP contribution is 2.13. The van der Waals surface area contributed by atoms with Crippen LogP contribution in [0, 0.1) is 0 Å². The monoisotopic (exact) mass is 264 g/mol. The van der Waals surface area contributed by atoms with Crippen molar-refractivity contribution < 1.29 is 4.57 Å². The Balaban J connectivity index is 0.000000741. The highest BCUT2D eigenvalue weighted by Gasteiger charge is 2.20. The molecule has 1 aromatic carbocycles. The lowest BCUT2D eigenvalue weighted by atomic mass is 10.3. The Morgan fingerprint density at radius 3 is 2.11 bits per heavy atom. The topological polar surface area (TPSA) is 34.8 Å². The Hall–Kier alpha value is -1.35. The van der Waals surface area contributed by atoms with E-state index in [2.05, 4.69) is 47.2 Å². The molecule has 0 aliphatic rings. The van der Waals surface area contributed by atoms with Crippen LogP contribution in [0.2, 0.25) is 0 Å². The maximum absolute atomic E-state index is 5.82. The van der Waals surface area contributed by atoms with E-state index in [9.17, 15) is 0 Å². The van der Waals surface area contributed by atoms with Crippen LogP contribution in [0.3, 0.4) is 0 Å². The average molecular weight is 264 g/mol. The van der Waals surface area contributed by atoms with E-state index in [0.717, 1.165) is 13.1 Å². The molecule has 2 N–H and O–H groups in total. The summed E-state index contributed by atoms with van der Waals surface area (Å²) in [5, 5.41) is 0. The molecule has 0 unspecified atom stereocenters. The van der Waals surface area contributed by atoms with Crippen LogP contribution in [0.1, 0.15) is 47.4 Å². The summed E-state index contributed by atoms with van der Waals surface area (Å²) in [5.41, 5.74) is 8.38. The zero-order valence-corrected chi connectivity index (χ0v) is 13.4. The molecule has 0 aliphatic carbocycles. The number of hydrogen-bond acceptors (Lipinski definition) is 1. The fraction of sp³-hybridized carbons (Fsp3) is 0.562. The molecule has 1 heterocycles. The van der Waals surface area contributed by atoms with Crippen molar-refractivity contribution in [3.05, 3.63) is 30.1 Å². The SMILES string of the molecule is CC.CC.CCn1c(CN)[n+](CC)c2ccccc21. The van der Waals surface area contributed by atoms with E-state index in [1.807, 2.05) is 27.7 Å². The molecule has 0 amide bonds. The van der Waals surface area contributed by atoms with E-state index in [1.54, 1.807) is 0 Å². The van der Waals surface area contributed by atoms with Gasteiger partial charge in [-0.3, -0.25) is 0 Å². The van der Waals surface area contributed by atoms with E-state index in [0.29, 0.717) is 6.54 Å². The predicted molar refractivity (Wildman–Crippen MR) is 84.1 cm³/mol. The van der Waals surface area contributed by atoms with Crippen LogP contribution in [0.25, 0.3) is 11.0 Å². The van der Waals surface area contributed by atoms with Crippen molar-refractivity contribution in [2.45, 2.75) is 61.2 Å². The Labute approximate surface area is 118 Å². The lowest BCUT2D eigenvalue weighted by Crippen LogP contribution is -2.38. The summed E-state index contributed by atoms with van der Waals surface area (Å²) >= 11 is 0. The van der Waals surface area contributed by atoms with Crippen LogP contribution in [0.5, 0.6) is 0 Å². The second-order valence-electron chi connectivity index (χ2n) is 3.60. The highest BCUT2D eigenvalue weighted by atomic mass is 15.2. The standard InChI is InChI=1S/C12H18N3.2C2H6/c1-3-14-10-7-5-6-8-11(10)15(4-2)12(14)9-13;2*1-2/h5-8H,3-4,9,13H2,1-2H3;2*1-2H3/q+1;;. The molecule has 3 nitrogen and oxygen atoms in total. The van der Waals surface area contributed by atoms with E-state index >= 15 is 0 Å². The molecule has 0 saturated carbocycles. The van der Waals surface area contributed by atoms with Gasteiger partial charge in [0.1, 0.15) is 0 Å². The maximum Gasteiger partial charge on any atom is 0.271 e. The number of nitrogens with zero attached hydrogens (tertiary/aromatic N) is 2. The van der Waals surface area contributed by atoms with E-state index in [1.165, 1.54) is 16.9 Å². The summed E-state index contributed by atoms with van der Waals surface area (Å²) in [6.45, 7) is 14.9. The predicted octanol–water partition coefficient (Wildman–Crippen LogP) is 3.48. The Morgan fingerprint density at radius 2 is 1.63 bits per heavy atom. The Bertz CT molecular complexity index is 431. The van der Waals surface area contributed by atoms with Gasteiger partial charge < -0.3 is 5.73 Å². The number of nitrogens with two attached hydrogens (primary N) is 1. The first kappa shape index (κ1) is 17.6. The van der Waals surface area contributed by atoms with Gasteiger partial charge in [-0.2, -0.15) is 0 Å². The normalized spacial score (nSPS) is 9.42. The molecule has 0 atom stereocenters. The minimum atomic E-state index is 0.594. The first-order chi connectivity index (χ1) is 9.33. The molecule has 108 valence electrons. The van der Waals surface area contributed by atoms with Gasteiger partial charge in [0.2, 0.25) is 0 Å². The summed E-state index contributed by atoms with van der Waals surface area (Å²) in [6, 6.07) is 8.47. The van der Waals surface area contributed by atoms with E-state index < -0.39 is 0 Å². The largest absolute Gasteiger partial charge is 0.320 e. The highest BCUT2D eigenvalue weighted by molar-refractivity contribution is 5.72. The van der Waals surface area contributed by atoms with Gasteiger partial charge in [0, 0.05) is 0 Å². The van der Waals surface area contributed by atoms with Gasteiger partial charge in [0.15, 0.2) is 11.0 Å². The molecule has 3 heteroatoms. The number of imidazole rings is 1. The number of hydrogen-bond donors (Lipinski definition) is 1. The third-order valence-corrected chi connectivity index (χ3v) is 2.90. The average Bonchev–Trinajstić information content (AvgIpc) is 2.83. The summed E-state index contributed by atoms with van der Waals surface area (Å²) in [6.07, 6.45) is 0. The number of rotatable bonds is 3. The smallest absolute Gasteiger partial charge is 0.271 e. The number of benzene rings is 1. The molecule has 2 rings (SSSR count). The van der Waals surface area contributed by atoms with Gasteiger partial charge in [-0.15, -0.1) is 0 Å². The van der Waals surface area contributed by atoms with Gasteiger partial charge in [-0.25, -0.2) is 9.13 Å². The fourth-order valence-electron chi connectivity index (χ4n) is 2.27. The van der Waals surface area contributed by atoms with Crippen LogP contribution < -0.4 is 10.3 Å². The number of para-hydroxylation sites is 2. The first-order valence-electron chi connectivity index (χ1n) is 7.53. The molecule has 0 fully saturated rings. The van der Waals surface area contributed by atoms with Crippen molar-refractivity contribution >= 4 is 11.0 Å². The zero-order valence-electron chi connectivity index (χ0n) is 13.4. The lowest BCUT2D eigenvalue weighted by molar-refractivity contribution is -0.676. The summed E-state index contributed by atoms with van der Waals surface area (Å²) in [4.78, 5) is 0. The van der Waals surface area contributed by atoms with Gasteiger partial charge >= 0.3 is 0 Å². The van der Waals surface area contributed by atoms with Crippen LogP contribution in [0.4, 0.5) is 0 Å². The third-order valence-electron chi connectivity index (χ3n) is 2.90. The maximum atomic E-state index is 5.82. The van der Waals surface area contributed by atoms with Crippen molar-refractivity contribution in [2.75, 3.05) is 0 Å². The molecule has 0 spiro atoms. The van der Waals surface area contributed by atoms with Crippen LogP contribution in [0.15, 0.2) is 24.3 Å². The van der Waals surface area contributed by atoms with Gasteiger partial charge in [-0.05, 0) is 26.0 Å². The summed E-state index contributed by atoms with van der Waals surface area (Å²) in [7, 11) is 0. The van der Waals surface area contributed by atoms with Gasteiger partial charge in [-0.1, -0.05) is 39.8 Å². The lowest BCUT2D eigenvalue weighted by Gasteiger charge is -1.98. The number of aryl methyl sites for hydroxylation is 2. The van der Waals surface area contributed by atoms with Crippen LogP contribution in [-0.2, 0) is 19.6 Å². The quantitative estimate of drug-likeness (QED) is 0.846. The zero-order chi connectivity index (χ0) is 14.8. The summed E-state index contributed by atoms with van der Waals surface area (Å²) < 4.78 is 4.58. The minimum Gasteiger partial charge on any atom is -0.320 e. The Morgan fingerprint density at radius 1 is 1.05 bits per heavy atom. The molecule has 0 aliphatic heterocycles. The minimum absolute atomic E-state index is 0.594. The molecular formula is C16H30N3+. The molecule has 2 aromatic rings. The second-order valence-corrected chi connectivity index (χ2v) is 3.60. The van der Waals surface area contributed by atoms with Gasteiger partial charge in [0.05, 0.1) is 19.6 Å². The molecule has 1 aromatic heterocycles. The van der Waals surface area contributed by atoms with Crippen molar-refractivity contribution in [2.24, 2.45) is 5.73 Å². The summed E-state index contributed by atoms with van der Waals surface area (Å²) in [5.74, 6) is 1.21. The molecule has 19 heavy (non-hydrogen) atoms. The molecule has 0 bridgehead atoms. The Kier molecular flexibility index (Phi) is 8.88. The second kappa shape index (κ2) is 9.56. The van der Waals surface area contributed by atoms with Crippen molar-refractivity contribution in [1.29, 1.82) is 0 Å². The van der Waals surface area contributed by atoms with Crippen molar-refractivity contribution in [3.8, 4) is 0 Å². The molecule has 0 saturated heterocycles. The fourth-order valence-corrected chi connectivity index (χ4v) is 2.27. The van der Waals surface area contributed by atoms with Gasteiger partial charge in [0.25, 0.3) is 5.82 Å². The van der Waals surface area contributed by atoms with Crippen LogP contribution >= 0.6 is 0 Å². The van der Waals surface area contributed by atoms with Crippen LogP contribution in [-0.4, -0.2) is 4.57 Å². The number of fused-ring (bicyclic) bond motifs is 1. The molecular weight excluding hydrogens is 234 g/mol.